The fraction of sp³-hybridized carbons (Fsp3) is 0.462. The van der Waals surface area contributed by atoms with Crippen molar-refractivity contribution < 1.29 is 13.5 Å². The zero-order valence-electron chi connectivity index (χ0n) is 11.5. The van der Waals surface area contributed by atoms with Gasteiger partial charge in [0.15, 0.2) is 0 Å². The lowest BCUT2D eigenvalue weighted by Crippen LogP contribution is -2.37. The van der Waals surface area contributed by atoms with Gasteiger partial charge in [0.2, 0.25) is 0 Å². The number of H-pyrrole nitrogens is 1. The first-order chi connectivity index (χ1) is 10.3. The predicted molar refractivity (Wildman–Crippen MR) is 81.2 cm³/mol. The van der Waals surface area contributed by atoms with E-state index in [0.29, 0.717) is 17.9 Å². The molecule has 2 aliphatic carbocycles. The third-order valence-electron chi connectivity index (χ3n) is 4.80. The van der Waals surface area contributed by atoms with Crippen molar-refractivity contribution in [3.8, 4) is 0 Å². The fourth-order valence-electron chi connectivity index (χ4n) is 3.85. The molecular formula is C13H15ClN4O3S. The van der Waals surface area contributed by atoms with Crippen molar-refractivity contribution in [3.05, 3.63) is 28.9 Å². The Morgan fingerprint density at radius 2 is 2.09 bits per heavy atom. The average molecular weight is 343 g/mol. The van der Waals surface area contributed by atoms with Crippen LogP contribution in [0.5, 0.6) is 0 Å². The van der Waals surface area contributed by atoms with Gasteiger partial charge >= 0.3 is 0 Å². The molecular weight excluding hydrogens is 328 g/mol. The largest absolute Gasteiger partial charge is 0.385 e. The van der Waals surface area contributed by atoms with Crippen molar-refractivity contribution in [1.29, 1.82) is 0 Å². The number of nitrogens with zero attached hydrogens (tertiary/aromatic N) is 1. The predicted octanol–water partition coefficient (Wildman–Crippen LogP) is 0.605. The highest BCUT2D eigenvalue weighted by Crippen LogP contribution is 2.60. The van der Waals surface area contributed by atoms with Gasteiger partial charge in [-0.1, -0.05) is 11.6 Å². The second kappa shape index (κ2) is 4.42. The standard InChI is InChI=1S/C13H15ClN4O3S/c14-6-1-10(9-5-16-17-11(9)2-6)13(19)3-7-8(4-13)12(7)18-22(15,20)21/h1-2,5,7-8,12,18-19H,3-4H2,(H,16,17)(H2,15,20,21)/t7-,8+,12-,13+. The summed E-state index contributed by atoms with van der Waals surface area (Å²) in [4.78, 5) is 0. The topological polar surface area (TPSA) is 121 Å². The Bertz CT molecular complexity index is 853. The van der Waals surface area contributed by atoms with E-state index < -0.39 is 15.8 Å². The molecule has 0 radical (unpaired) electrons. The van der Waals surface area contributed by atoms with E-state index in [0.717, 1.165) is 16.5 Å². The van der Waals surface area contributed by atoms with Crippen molar-refractivity contribution in [1.82, 2.24) is 14.9 Å². The molecule has 0 saturated heterocycles. The molecule has 0 bridgehead atoms. The summed E-state index contributed by atoms with van der Waals surface area (Å²) < 4.78 is 24.6. The van der Waals surface area contributed by atoms with Crippen molar-refractivity contribution in [3.63, 3.8) is 0 Å². The van der Waals surface area contributed by atoms with Gasteiger partial charge in [-0.15, -0.1) is 0 Å². The van der Waals surface area contributed by atoms with Gasteiger partial charge in [0, 0.05) is 16.5 Å². The van der Waals surface area contributed by atoms with Crippen LogP contribution < -0.4 is 9.86 Å². The number of nitrogens with one attached hydrogen (secondary N) is 2. The SMILES string of the molecule is NS(=O)(=O)N[C@@H]1[C@@H]2C[C@@](O)(c3cc(Cl)cc4[nH]ncc34)C[C@@H]21. The number of nitrogens with two attached hydrogens (primary N) is 1. The first-order valence-corrected chi connectivity index (χ1v) is 8.85. The molecule has 0 unspecified atom stereocenters. The summed E-state index contributed by atoms with van der Waals surface area (Å²) in [6.45, 7) is 0. The highest BCUT2D eigenvalue weighted by atomic mass is 35.5. The number of halogens is 1. The summed E-state index contributed by atoms with van der Waals surface area (Å²) in [6, 6.07) is 3.35. The summed E-state index contributed by atoms with van der Waals surface area (Å²) in [5.74, 6) is 0.202. The second-order valence-electron chi connectivity index (χ2n) is 6.24. The van der Waals surface area contributed by atoms with Crippen LogP contribution in [0.25, 0.3) is 10.9 Å². The summed E-state index contributed by atoms with van der Waals surface area (Å²) in [6.07, 6.45) is 2.62. The van der Waals surface area contributed by atoms with Gasteiger partial charge in [-0.3, -0.25) is 5.10 Å². The van der Waals surface area contributed by atoms with Gasteiger partial charge in [-0.25, -0.2) is 5.14 Å². The van der Waals surface area contributed by atoms with Crippen molar-refractivity contribution in [2.45, 2.75) is 24.5 Å². The maximum atomic E-state index is 11.1. The molecule has 118 valence electrons. The minimum Gasteiger partial charge on any atom is -0.385 e. The fourth-order valence-corrected chi connectivity index (χ4v) is 4.80. The number of hydrogen-bond donors (Lipinski definition) is 4. The van der Waals surface area contributed by atoms with Gasteiger partial charge < -0.3 is 5.11 Å². The van der Waals surface area contributed by atoms with Gasteiger partial charge in [-0.2, -0.15) is 18.2 Å². The Balaban J connectivity index is 1.64. The lowest BCUT2D eigenvalue weighted by Gasteiger charge is -2.27. The van der Waals surface area contributed by atoms with Crippen molar-refractivity contribution >= 4 is 32.7 Å². The summed E-state index contributed by atoms with van der Waals surface area (Å²) in [7, 11) is -3.71. The molecule has 1 aromatic heterocycles. The number of hydrogen-bond acceptors (Lipinski definition) is 4. The molecule has 1 aromatic carbocycles. The molecule has 0 aliphatic heterocycles. The number of benzene rings is 1. The molecule has 7 nitrogen and oxygen atoms in total. The first kappa shape index (κ1) is 14.4. The normalized spacial score (nSPS) is 34.0. The minimum atomic E-state index is -3.71. The monoisotopic (exact) mass is 342 g/mol. The Labute approximate surface area is 132 Å². The molecule has 0 spiro atoms. The maximum Gasteiger partial charge on any atom is 0.274 e. The van der Waals surface area contributed by atoms with Crippen LogP contribution >= 0.6 is 11.6 Å². The Kier molecular flexibility index (Phi) is 2.90. The summed E-state index contributed by atoms with van der Waals surface area (Å²) in [5, 5.41) is 24.2. The molecule has 4 rings (SSSR count). The molecule has 9 heteroatoms. The van der Waals surface area contributed by atoms with Crippen LogP contribution in [0.1, 0.15) is 18.4 Å². The van der Waals surface area contributed by atoms with Crippen LogP contribution in [0, 0.1) is 11.8 Å². The Morgan fingerprint density at radius 1 is 1.41 bits per heavy atom. The summed E-state index contributed by atoms with van der Waals surface area (Å²) in [5.41, 5.74) is 0.500. The highest BCUT2D eigenvalue weighted by molar-refractivity contribution is 7.87. The minimum absolute atomic E-state index is 0.101. The van der Waals surface area contributed by atoms with E-state index in [1.54, 1.807) is 18.3 Å². The van der Waals surface area contributed by atoms with Gasteiger partial charge in [0.05, 0.1) is 17.3 Å². The van der Waals surface area contributed by atoms with E-state index in [1.807, 2.05) is 0 Å². The second-order valence-corrected chi connectivity index (χ2v) is 8.00. The first-order valence-electron chi connectivity index (χ1n) is 6.92. The van der Waals surface area contributed by atoms with Crippen LogP contribution in [-0.4, -0.2) is 29.8 Å². The van der Waals surface area contributed by atoms with E-state index in [4.69, 9.17) is 16.7 Å². The van der Waals surface area contributed by atoms with Crippen molar-refractivity contribution in [2.24, 2.45) is 17.0 Å². The highest BCUT2D eigenvalue weighted by Gasteiger charge is 2.62. The molecule has 22 heavy (non-hydrogen) atoms. The quantitative estimate of drug-likeness (QED) is 0.652. The zero-order chi connectivity index (χ0) is 15.7. The van der Waals surface area contributed by atoms with E-state index in [2.05, 4.69) is 14.9 Å². The van der Waals surface area contributed by atoms with E-state index in [9.17, 15) is 13.5 Å². The lowest BCUT2D eigenvalue weighted by atomic mass is 9.86. The Morgan fingerprint density at radius 3 is 2.73 bits per heavy atom. The molecule has 2 saturated carbocycles. The summed E-state index contributed by atoms with van der Waals surface area (Å²) >= 11 is 6.12. The number of aromatic nitrogens is 2. The smallest absolute Gasteiger partial charge is 0.274 e. The van der Waals surface area contributed by atoms with Gasteiger partial charge in [-0.05, 0) is 42.4 Å². The van der Waals surface area contributed by atoms with Gasteiger partial charge in [0.25, 0.3) is 10.2 Å². The molecule has 2 aromatic rings. The van der Waals surface area contributed by atoms with Crippen molar-refractivity contribution in [2.75, 3.05) is 0 Å². The lowest BCUT2D eigenvalue weighted by molar-refractivity contribution is 0.0303. The molecule has 4 atom stereocenters. The molecule has 0 amide bonds. The van der Waals surface area contributed by atoms with Crippen LogP contribution in [0.4, 0.5) is 0 Å². The number of rotatable bonds is 3. The number of aliphatic hydroxyl groups is 1. The third-order valence-corrected chi connectivity index (χ3v) is 5.62. The molecule has 1 heterocycles. The van der Waals surface area contributed by atoms with E-state index >= 15 is 0 Å². The molecule has 2 aliphatic rings. The van der Waals surface area contributed by atoms with Crippen LogP contribution in [0.2, 0.25) is 5.02 Å². The van der Waals surface area contributed by atoms with E-state index in [-0.39, 0.29) is 17.9 Å². The third kappa shape index (κ3) is 2.22. The number of fused-ring (bicyclic) bond motifs is 2. The average Bonchev–Trinajstić information content (AvgIpc) is 2.83. The zero-order valence-corrected chi connectivity index (χ0v) is 13.0. The van der Waals surface area contributed by atoms with Crippen LogP contribution in [0.15, 0.2) is 18.3 Å². The number of aromatic amines is 1. The van der Waals surface area contributed by atoms with Gasteiger partial charge in [0.1, 0.15) is 0 Å². The van der Waals surface area contributed by atoms with E-state index in [1.165, 1.54) is 0 Å². The van der Waals surface area contributed by atoms with Crippen LogP contribution in [0.3, 0.4) is 0 Å². The van der Waals surface area contributed by atoms with Crippen LogP contribution in [-0.2, 0) is 15.8 Å². The Hall–Kier alpha value is -1.19. The molecule has 2 fully saturated rings. The maximum absolute atomic E-state index is 11.1. The molecule has 5 N–H and O–H groups in total.